The molecule has 0 radical (unpaired) electrons. The van der Waals surface area contributed by atoms with Crippen molar-refractivity contribution in [1.29, 1.82) is 0 Å². The first-order chi connectivity index (χ1) is 10.2. The van der Waals surface area contributed by atoms with Gasteiger partial charge in [-0.2, -0.15) is 0 Å². The van der Waals surface area contributed by atoms with Gasteiger partial charge in [-0.25, -0.2) is 0 Å². The van der Waals surface area contributed by atoms with Crippen LogP contribution in [0.4, 0.5) is 0 Å². The lowest BCUT2D eigenvalue weighted by Crippen LogP contribution is -2.51. The minimum absolute atomic E-state index is 0.0496. The summed E-state index contributed by atoms with van der Waals surface area (Å²) in [4.78, 5) is 12.5. The number of nitrogens with one attached hydrogen (secondary N) is 1. The van der Waals surface area contributed by atoms with Crippen LogP contribution in [0.3, 0.4) is 0 Å². The molecule has 0 aromatic rings. The van der Waals surface area contributed by atoms with Crippen LogP contribution in [0, 0.1) is 5.41 Å². The Morgan fingerprint density at radius 2 is 2.05 bits per heavy atom. The van der Waals surface area contributed by atoms with Crippen molar-refractivity contribution in [3.05, 3.63) is 0 Å². The van der Waals surface area contributed by atoms with Crippen LogP contribution in [-0.4, -0.2) is 36.2 Å². The van der Waals surface area contributed by atoms with Crippen molar-refractivity contribution in [3.8, 4) is 0 Å². The maximum absolute atomic E-state index is 12.5. The molecular weight excluding hydrogens is 270 g/mol. The van der Waals surface area contributed by atoms with Gasteiger partial charge in [0.05, 0.1) is 6.10 Å². The highest BCUT2D eigenvalue weighted by atomic mass is 16.5. The first kappa shape index (κ1) is 16.1. The molecule has 1 saturated carbocycles. The maximum atomic E-state index is 12.5. The normalized spacial score (nSPS) is 26.3. The molecule has 1 amide bonds. The number of ether oxygens (including phenoxy) is 1. The summed E-state index contributed by atoms with van der Waals surface area (Å²) >= 11 is 0. The van der Waals surface area contributed by atoms with Gasteiger partial charge in [0.25, 0.3) is 0 Å². The standard InChI is InChI=1S/C15H27N3O3/c16-13(18-20)15(8-3-1-4-9-15)14(19)17-10-7-12-6-2-5-11-21-12/h12,20H,1-11H2,(H2,16,18)(H,17,19). The van der Waals surface area contributed by atoms with E-state index in [1.54, 1.807) is 0 Å². The lowest BCUT2D eigenvalue weighted by Gasteiger charge is -2.34. The van der Waals surface area contributed by atoms with Crippen LogP contribution in [0.25, 0.3) is 0 Å². The number of carbonyl (C=O) groups is 1. The molecule has 120 valence electrons. The summed E-state index contributed by atoms with van der Waals surface area (Å²) in [5.41, 5.74) is 4.99. The highest BCUT2D eigenvalue weighted by Gasteiger charge is 2.43. The van der Waals surface area contributed by atoms with Crippen LogP contribution in [0.15, 0.2) is 5.16 Å². The zero-order valence-electron chi connectivity index (χ0n) is 12.6. The van der Waals surface area contributed by atoms with E-state index in [0.717, 1.165) is 45.1 Å². The second kappa shape index (κ2) is 7.64. The number of amides is 1. The van der Waals surface area contributed by atoms with Gasteiger partial charge in [0, 0.05) is 13.2 Å². The summed E-state index contributed by atoms with van der Waals surface area (Å²) in [6.45, 7) is 1.41. The number of nitrogens with zero attached hydrogens (tertiary/aromatic N) is 1. The van der Waals surface area contributed by atoms with Crippen LogP contribution < -0.4 is 11.1 Å². The maximum Gasteiger partial charge on any atom is 0.233 e. The molecule has 4 N–H and O–H groups in total. The van der Waals surface area contributed by atoms with Crippen LogP contribution in [0.2, 0.25) is 0 Å². The highest BCUT2D eigenvalue weighted by Crippen LogP contribution is 2.36. The van der Waals surface area contributed by atoms with Crippen LogP contribution >= 0.6 is 0 Å². The molecule has 1 aliphatic heterocycles. The van der Waals surface area contributed by atoms with Gasteiger partial charge < -0.3 is 21.0 Å². The molecule has 1 aliphatic carbocycles. The minimum atomic E-state index is -0.819. The highest BCUT2D eigenvalue weighted by molar-refractivity contribution is 6.06. The topological polar surface area (TPSA) is 96.9 Å². The number of nitrogens with two attached hydrogens (primary N) is 1. The average molecular weight is 297 g/mol. The molecule has 6 heteroatoms. The average Bonchev–Trinajstić information content (AvgIpc) is 2.55. The van der Waals surface area contributed by atoms with E-state index in [4.69, 9.17) is 15.7 Å². The van der Waals surface area contributed by atoms with Gasteiger partial charge in [-0.3, -0.25) is 4.79 Å². The minimum Gasteiger partial charge on any atom is -0.409 e. The predicted octanol–water partition coefficient (Wildman–Crippen LogP) is 1.76. The van der Waals surface area contributed by atoms with Gasteiger partial charge in [0.1, 0.15) is 5.41 Å². The van der Waals surface area contributed by atoms with Gasteiger partial charge >= 0.3 is 0 Å². The van der Waals surface area contributed by atoms with Gasteiger partial charge in [0.15, 0.2) is 5.84 Å². The lowest BCUT2D eigenvalue weighted by molar-refractivity contribution is -0.129. The molecule has 1 atom stereocenters. The third kappa shape index (κ3) is 3.87. The van der Waals surface area contributed by atoms with Crippen molar-refractivity contribution >= 4 is 11.7 Å². The molecule has 0 spiro atoms. The van der Waals surface area contributed by atoms with Crippen molar-refractivity contribution in [2.24, 2.45) is 16.3 Å². The van der Waals surface area contributed by atoms with E-state index in [1.165, 1.54) is 6.42 Å². The van der Waals surface area contributed by atoms with E-state index in [1.807, 2.05) is 0 Å². The van der Waals surface area contributed by atoms with Crippen molar-refractivity contribution in [3.63, 3.8) is 0 Å². The largest absolute Gasteiger partial charge is 0.409 e. The number of hydrogen-bond acceptors (Lipinski definition) is 4. The summed E-state index contributed by atoms with van der Waals surface area (Å²) in [5, 5.41) is 15.1. The second-order valence-electron chi connectivity index (χ2n) is 6.16. The fourth-order valence-corrected chi connectivity index (χ4v) is 3.40. The van der Waals surface area contributed by atoms with E-state index in [9.17, 15) is 4.79 Å². The number of rotatable bonds is 5. The lowest BCUT2D eigenvalue weighted by atomic mass is 9.72. The first-order valence-corrected chi connectivity index (χ1v) is 8.07. The van der Waals surface area contributed by atoms with Gasteiger partial charge in [-0.1, -0.05) is 24.4 Å². The molecule has 0 aromatic heterocycles. The van der Waals surface area contributed by atoms with E-state index in [-0.39, 0.29) is 17.8 Å². The Labute approximate surface area is 126 Å². The Kier molecular flexibility index (Phi) is 5.85. The fraction of sp³-hybridized carbons (Fsp3) is 0.867. The van der Waals surface area contributed by atoms with Gasteiger partial charge in [-0.05, 0) is 38.5 Å². The SMILES string of the molecule is NC(=NO)C1(C(=O)NCCC2CCCCO2)CCCCC1. The van der Waals surface area contributed by atoms with Crippen molar-refractivity contribution in [2.45, 2.75) is 63.9 Å². The van der Waals surface area contributed by atoms with Gasteiger partial charge in [-0.15, -0.1) is 0 Å². The van der Waals surface area contributed by atoms with E-state index in [0.29, 0.717) is 19.4 Å². The molecule has 0 bridgehead atoms. The molecular formula is C15H27N3O3. The molecule has 21 heavy (non-hydrogen) atoms. The molecule has 1 saturated heterocycles. The molecule has 6 nitrogen and oxygen atoms in total. The summed E-state index contributed by atoms with van der Waals surface area (Å²) in [6, 6.07) is 0. The predicted molar refractivity (Wildman–Crippen MR) is 80.1 cm³/mol. The Hall–Kier alpha value is -1.30. The van der Waals surface area contributed by atoms with Crippen molar-refractivity contribution in [2.75, 3.05) is 13.2 Å². The number of carbonyl (C=O) groups excluding carboxylic acids is 1. The van der Waals surface area contributed by atoms with Crippen molar-refractivity contribution in [1.82, 2.24) is 5.32 Å². The molecule has 1 unspecified atom stereocenters. The third-order valence-electron chi connectivity index (χ3n) is 4.77. The summed E-state index contributed by atoms with van der Waals surface area (Å²) < 4.78 is 5.66. The van der Waals surface area contributed by atoms with E-state index < -0.39 is 5.41 Å². The summed E-state index contributed by atoms with van der Waals surface area (Å²) in [7, 11) is 0. The second-order valence-corrected chi connectivity index (χ2v) is 6.16. The molecule has 2 aliphatic rings. The first-order valence-electron chi connectivity index (χ1n) is 8.07. The Morgan fingerprint density at radius 1 is 1.29 bits per heavy atom. The molecule has 0 aromatic carbocycles. The Bertz CT molecular complexity index is 372. The van der Waals surface area contributed by atoms with Gasteiger partial charge in [0.2, 0.25) is 5.91 Å². The molecule has 1 heterocycles. The zero-order chi connectivity index (χ0) is 15.1. The number of oxime groups is 1. The Morgan fingerprint density at radius 3 is 2.67 bits per heavy atom. The van der Waals surface area contributed by atoms with Crippen molar-refractivity contribution < 1.29 is 14.7 Å². The monoisotopic (exact) mass is 297 g/mol. The number of hydrogen-bond donors (Lipinski definition) is 3. The Balaban J connectivity index is 1.86. The molecule has 2 fully saturated rings. The zero-order valence-corrected chi connectivity index (χ0v) is 12.6. The smallest absolute Gasteiger partial charge is 0.233 e. The van der Waals surface area contributed by atoms with E-state index in [2.05, 4.69) is 10.5 Å². The van der Waals surface area contributed by atoms with Crippen LogP contribution in [-0.2, 0) is 9.53 Å². The third-order valence-corrected chi connectivity index (χ3v) is 4.77. The van der Waals surface area contributed by atoms with E-state index >= 15 is 0 Å². The molecule has 2 rings (SSSR count). The fourth-order valence-electron chi connectivity index (χ4n) is 3.40. The quantitative estimate of drug-likeness (QED) is 0.312. The summed E-state index contributed by atoms with van der Waals surface area (Å²) in [6.07, 6.45) is 8.80. The number of amidine groups is 1. The van der Waals surface area contributed by atoms with Crippen LogP contribution in [0.5, 0.6) is 0 Å². The van der Waals surface area contributed by atoms with Crippen LogP contribution in [0.1, 0.15) is 57.8 Å². The summed E-state index contributed by atoms with van der Waals surface area (Å²) in [5.74, 6) is -0.0538.